The normalized spacial score (nSPS) is 10.4. The fourth-order valence-corrected chi connectivity index (χ4v) is 3.30. The summed E-state index contributed by atoms with van der Waals surface area (Å²) in [6.45, 7) is 1.33. The summed E-state index contributed by atoms with van der Waals surface area (Å²) in [5.41, 5.74) is 8.24. The smallest absolute Gasteiger partial charge is 0.269 e. The number of nitrogens with one attached hydrogen (secondary N) is 3. The van der Waals surface area contributed by atoms with Gasteiger partial charge in [0.05, 0.1) is 6.61 Å². The molecule has 0 heterocycles. The van der Waals surface area contributed by atoms with E-state index < -0.39 is 5.91 Å². The van der Waals surface area contributed by atoms with Gasteiger partial charge in [0.25, 0.3) is 11.8 Å². The van der Waals surface area contributed by atoms with Crippen LogP contribution < -0.4 is 20.9 Å². The van der Waals surface area contributed by atoms with Crippen molar-refractivity contribution in [1.82, 2.24) is 21.1 Å². The minimum absolute atomic E-state index is 0.00855. The zero-order valence-electron chi connectivity index (χ0n) is 19.2. The third-order valence-corrected chi connectivity index (χ3v) is 5.05. The summed E-state index contributed by atoms with van der Waals surface area (Å²) in [6, 6.07) is 24.1. The highest BCUT2D eigenvalue weighted by atomic mass is 32.1. The highest BCUT2D eigenvalue weighted by Crippen LogP contribution is 2.13. The first-order chi connectivity index (χ1) is 16.4. The lowest BCUT2D eigenvalue weighted by atomic mass is 10.1. The van der Waals surface area contributed by atoms with Crippen LogP contribution in [0.5, 0.6) is 5.75 Å². The Balaban J connectivity index is 1.41. The number of rotatable bonds is 8. The largest absolute Gasteiger partial charge is 0.493 e. The fourth-order valence-electron chi connectivity index (χ4n) is 3.15. The molecule has 0 bridgehead atoms. The maximum Gasteiger partial charge on any atom is 0.269 e. The SMILES string of the molecule is CN(C)Cc1ccc(C(=O)NNC(=S)NC(=O)c2ccc(OCCc3ccccc3)cc2)cc1. The number of carbonyl (C=O) groups excluding carboxylic acids is 2. The zero-order chi connectivity index (χ0) is 24.3. The van der Waals surface area contributed by atoms with E-state index in [0.29, 0.717) is 23.5 Å². The lowest BCUT2D eigenvalue weighted by Crippen LogP contribution is -2.48. The summed E-state index contributed by atoms with van der Waals surface area (Å²) >= 11 is 5.11. The first-order valence-corrected chi connectivity index (χ1v) is 11.2. The Hall–Kier alpha value is -3.75. The Morgan fingerprint density at radius 2 is 1.41 bits per heavy atom. The predicted molar refractivity (Wildman–Crippen MR) is 137 cm³/mol. The molecule has 0 aliphatic heterocycles. The number of hydrazine groups is 1. The van der Waals surface area contributed by atoms with E-state index in [1.165, 1.54) is 5.56 Å². The molecular weight excluding hydrogens is 448 g/mol. The molecule has 3 rings (SSSR count). The third kappa shape index (κ3) is 7.99. The van der Waals surface area contributed by atoms with Gasteiger partial charge in [-0.1, -0.05) is 42.5 Å². The van der Waals surface area contributed by atoms with Crippen LogP contribution in [0.25, 0.3) is 0 Å². The van der Waals surface area contributed by atoms with Crippen molar-refractivity contribution in [1.29, 1.82) is 0 Å². The minimum atomic E-state index is -0.393. The molecule has 7 nitrogen and oxygen atoms in total. The van der Waals surface area contributed by atoms with Crippen molar-refractivity contribution < 1.29 is 14.3 Å². The Kier molecular flexibility index (Phi) is 9.13. The van der Waals surface area contributed by atoms with Crippen molar-refractivity contribution in [3.63, 3.8) is 0 Å². The van der Waals surface area contributed by atoms with Gasteiger partial charge in [0.1, 0.15) is 5.75 Å². The molecule has 176 valence electrons. The molecule has 3 aromatic rings. The summed E-state index contributed by atoms with van der Waals surface area (Å²) in [5, 5.41) is 2.53. The number of carbonyl (C=O) groups is 2. The minimum Gasteiger partial charge on any atom is -0.493 e. The van der Waals surface area contributed by atoms with Crippen LogP contribution in [0, 0.1) is 0 Å². The standard InChI is InChI=1S/C26H28N4O3S/c1-30(2)18-20-8-10-22(11-9-20)25(32)28-29-26(34)27-24(31)21-12-14-23(15-13-21)33-17-16-19-6-4-3-5-7-19/h3-15H,16-18H2,1-2H3,(H,28,32)(H2,27,29,31,34). The topological polar surface area (TPSA) is 82.7 Å². The molecule has 0 aliphatic carbocycles. The lowest BCUT2D eigenvalue weighted by Gasteiger charge is -2.12. The van der Waals surface area contributed by atoms with Gasteiger partial charge in [-0.25, -0.2) is 0 Å². The third-order valence-electron chi connectivity index (χ3n) is 4.85. The lowest BCUT2D eigenvalue weighted by molar-refractivity contribution is 0.0934. The molecule has 0 spiro atoms. The van der Waals surface area contributed by atoms with Gasteiger partial charge >= 0.3 is 0 Å². The van der Waals surface area contributed by atoms with Crippen LogP contribution in [0.2, 0.25) is 0 Å². The average Bonchev–Trinajstić information content (AvgIpc) is 2.83. The summed E-state index contributed by atoms with van der Waals surface area (Å²) in [5.74, 6) is -0.0716. The van der Waals surface area contributed by atoms with Gasteiger partial charge in [0.15, 0.2) is 5.11 Å². The molecule has 0 saturated heterocycles. The van der Waals surface area contributed by atoms with Crippen LogP contribution in [0.3, 0.4) is 0 Å². The van der Waals surface area contributed by atoms with Crippen molar-refractivity contribution in [3.8, 4) is 5.75 Å². The van der Waals surface area contributed by atoms with Gasteiger partial charge in [-0.3, -0.25) is 25.8 Å². The summed E-state index contributed by atoms with van der Waals surface area (Å²) < 4.78 is 5.74. The van der Waals surface area contributed by atoms with Gasteiger partial charge in [0, 0.05) is 24.1 Å². The molecule has 0 unspecified atom stereocenters. The Bertz CT molecular complexity index is 1100. The van der Waals surface area contributed by atoms with Crippen LogP contribution in [-0.2, 0) is 13.0 Å². The number of hydrogen-bond donors (Lipinski definition) is 3. The van der Waals surface area contributed by atoms with Crippen molar-refractivity contribution in [2.24, 2.45) is 0 Å². The number of amides is 2. The predicted octanol–water partition coefficient (Wildman–Crippen LogP) is 3.32. The Morgan fingerprint density at radius 3 is 2.06 bits per heavy atom. The molecule has 2 amide bonds. The van der Waals surface area contributed by atoms with Gasteiger partial charge < -0.3 is 9.64 Å². The van der Waals surface area contributed by atoms with Gasteiger partial charge in [-0.05, 0) is 73.8 Å². The van der Waals surface area contributed by atoms with E-state index in [2.05, 4.69) is 28.3 Å². The molecule has 8 heteroatoms. The van der Waals surface area contributed by atoms with Crippen molar-refractivity contribution in [2.75, 3.05) is 20.7 Å². The zero-order valence-corrected chi connectivity index (χ0v) is 20.0. The Labute approximate surface area is 205 Å². The highest BCUT2D eigenvalue weighted by Gasteiger charge is 2.10. The van der Waals surface area contributed by atoms with Gasteiger partial charge in [-0.15, -0.1) is 0 Å². The van der Waals surface area contributed by atoms with Crippen molar-refractivity contribution in [2.45, 2.75) is 13.0 Å². The van der Waals surface area contributed by atoms with Crippen LogP contribution in [0.15, 0.2) is 78.9 Å². The van der Waals surface area contributed by atoms with Crippen LogP contribution >= 0.6 is 12.2 Å². The molecule has 3 aromatic carbocycles. The van der Waals surface area contributed by atoms with Gasteiger partial charge in [-0.2, -0.15) is 0 Å². The second kappa shape index (κ2) is 12.5. The average molecular weight is 477 g/mol. The number of thiocarbonyl (C=S) groups is 1. The maximum absolute atomic E-state index is 12.4. The fraction of sp³-hybridized carbons (Fsp3) is 0.192. The highest BCUT2D eigenvalue weighted by molar-refractivity contribution is 7.80. The van der Waals surface area contributed by atoms with Crippen LogP contribution in [-0.4, -0.2) is 42.5 Å². The molecule has 0 aromatic heterocycles. The molecule has 3 N–H and O–H groups in total. The second-order valence-corrected chi connectivity index (χ2v) is 8.31. The maximum atomic E-state index is 12.4. The monoisotopic (exact) mass is 476 g/mol. The van der Waals surface area contributed by atoms with Crippen molar-refractivity contribution in [3.05, 3.63) is 101 Å². The quantitative estimate of drug-likeness (QED) is 0.342. The molecule has 34 heavy (non-hydrogen) atoms. The molecular formula is C26H28N4O3S. The van der Waals surface area contributed by atoms with E-state index in [1.807, 2.05) is 49.3 Å². The van der Waals surface area contributed by atoms with E-state index in [0.717, 1.165) is 18.5 Å². The molecule has 0 saturated carbocycles. The second-order valence-electron chi connectivity index (χ2n) is 7.91. The number of nitrogens with zero attached hydrogens (tertiary/aromatic N) is 1. The van der Waals surface area contributed by atoms with E-state index >= 15 is 0 Å². The van der Waals surface area contributed by atoms with E-state index in [-0.39, 0.29) is 11.0 Å². The van der Waals surface area contributed by atoms with Gasteiger partial charge in [0.2, 0.25) is 0 Å². The number of hydrogen-bond acceptors (Lipinski definition) is 5. The molecule has 0 radical (unpaired) electrons. The van der Waals surface area contributed by atoms with Crippen LogP contribution in [0.1, 0.15) is 31.8 Å². The van der Waals surface area contributed by atoms with Crippen LogP contribution in [0.4, 0.5) is 0 Å². The van der Waals surface area contributed by atoms with E-state index in [9.17, 15) is 9.59 Å². The first kappa shape index (κ1) is 24.9. The summed E-state index contributed by atoms with van der Waals surface area (Å²) in [6.07, 6.45) is 0.801. The number of benzene rings is 3. The summed E-state index contributed by atoms with van der Waals surface area (Å²) in [4.78, 5) is 26.7. The Morgan fingerprint density at radius 1 is 0.794 bits per heavy atom. The molecule has 0 fully saturated rings. The molecule has 0 aliphatic rings. The summed E-state index contributed by atoms with van der Waals surface area (Å²) in [7, 11) is 3.96. The van der Waals surface area contributed by atoms with Crippen molar-refractivity contribution >= 4 is 29.1 Å². The first-order valence-electron chi connectivity index (χ1n) is 10.8. The molecule has 0 atom stereocenters. The number of ether oxygens (including phenoxy) is 1. The van der Waals surface area contributed by atoms with E-state index in [1.54, 1.807) is 36.4 Å². The van der Waals surface area contributed by atoms with E-state index in [4.69, 9.17) is 17.0 Å².